The number of hydrogen-bond donors (Lipinski definition) is 1. The van der Waals surface area contributed by atoms with E-state index in [-0.39, 0.29) is 12.8 Å². The van der Waals surface area contributed by atoms with Gasteiger partial charge in [0.2, 0.25) is 11.8 Å². The van der Waals surface area contributed by atoms with Crippen molar-refractivity contribution in [1.29, 1.82) is 0 Å². The van der Waals surface area contributed by atoms with E-state index in [1.165, 1.54) is 0 Å². The van der Waals surface area contributed by atoms with Crippen molar-refractivity contribution in [1.82, 2.24) is 4.90 Å². The predicted octanol–water partition coefficient (Wildman–Crippen LogP) is -0.891. The highest BCUT2D eigenvalue weighted by atomic mass is 16.6. The number of ether oxygens (including phenoxy) is 1. The molecule has 82 valence electrons. The molecule has 1 saturated heterocycles. The lowest BCUT2D eigenvalue weighted by Crippen LogP contribution is -2.46. The van der Waals surface area contributed by atoms with Gasteiger partial charge in [-0.1, -0.05) is 0 Å². The summed E-state index contributed by atoms with van der Waals surface area (Å²) < 4.78 is 4.38. The standard InChI is InChI=1S/C8H9NO6/c1-4(10)15-7(8(13)14)9-5(11)2-3-6(9)12/h7H,2-3H2,1H3,(H,13,14). The van der Waals surface area contributed by atoms with Gasteiger partial charge in [-0.25, -0.2) is 9.69 Å². The Bertz CT molecular complexity index is 320. The lowest BCUT2D eigenvalue weighted by atomic mass is 10.4. The van der Waals surface area contributed by atoms with Gasteiger partial charge < -0.3 is 9.84 Å². The summed E-state index contributed by atoms with van der Waals surface area (Å²) in [5.41, 5.74) is 0. The number of nitrogens with zero attached hydrogens (tertiary/aromatic N) is 1. The summed E-state index contributed by atoms with van der Waals surface area (Å²) in [5, 5.41) is 8.69. The highest BCUT2D eigenvalue weighted by Crippen LogP contribution is 2.16. The first-order chi connectivity index (χ1) is 6.93. The lowest BCUT2D eigenvalue weighted by Gasteiger charge is -2.21. The number of carbonyl (C=O) groups excluding carboxylic acids is 3. The van der Waals surface area contributed by atoms with Crippen LogP contribution in [0.5, 0.6) is 0 Å². The van der Waals surface area contributed by atoms with Crippen molar-refractivity contribution in [2.45, 2.75) is 26.0 Å². The maximum absolute atomic E-state index is 11.2. The molecule has 0 aromatic heterocycles. The fourth-order valence-corrected chi connectivity index (χ4v) is 1.23. The minimum atomic E-state index is -1.84. The van der Waals surface area contributed by atoms with Crippen molar-refractivity contribution in [3.05, 3.63) is 0 Å². The SMILES string of the molecule is CC(=O)OC(C(=O)O)N1C(=O)CCC1=O. The van der Waals surface area contributed by atoms with Crippen LogP contribution in [0.2, 0.25) is 0 Å². The van der Waals surface area contributed by atoms with Crippen LogP contribution in [-0.2, 0) is 23.9 Å². The highest BCUT2D eigenvalue weighted by molar-refractivity contribution is 6.04. The Hall–Kier alpha value is -1.92. The quantitative estimate of drug-likeness (QED) is 0.484. The maximum Gasteiger partial charge on any atom is 0.367 e. The number of aliphatic carboxylic acids is 1. The number of imide groups is 1. The Morgan fingerprint density at radius 3 is 2.13 bits per heavy atom. The van der Waals surface area contributed by atoms with Crippen LogP contribution in [0.15, 0.2) is 0 Å². The Morgan fingerprint density at radius 1 is 1.33 bits per heavy atom. The second-order valence-corrected chi connectivity index (χ2v) is 2.96. The predicted molar refractivity (Wildman–Crippen MR) is 44.3 cm³/mol. The highest BCUT2D eigenvalue weighted by Gasteiger charge is 2.40. The molecular weight excluding hydrogens is 206 g/mol. The first-order valence-electron chi connectivity index (χ1n) is 4.18. The van der Waals surface area contributed by atoms with E-state index in [4.69, 9.17) is 5.11 Å². The van der Waals surface area contributed by atoms with Crippen molar-refractivity contribution >= 4 is 23.8 Å². The van der Waals surface area contributed by atoms with Gasteiger partial charge in [-0.2, -0.15) is 0 Å². The van der Waals surface area contributed by atoms with Crippen LogP contribution in [0.25, 0.3) is 0 Å². The van der Waals surface area contributed by atoms with E-state index in [9.17, 15) is 19.2 Å². The number of amides is 2. The number of carboxylic acids is 1. The molecule has 1 heterocycles. The summed E-state index contributed by atoms with van der Waals surface area (Å²) in [5.74, 6) is -3.70. The van der Waals surface area contributed by atoms with E-state index in [1.54, 1.807) is 0 Å². The summed E-state index contributed by atoms with van der Waals surface area (Å²) in [6, 6.07) is 0. The number of carboxylic acid groups (broad SMARTS) is 1. The Balaban J connectivity index is 2.88. The Kier molecular flexibility index (Phi) is 3.03. The molecule has 0 aromatic rings. The Morgan fingerprint density at radius 2 is 1.80 bits per heavy atom. The lowest BCUT2D eigenvalue weighted by molar-refractivity contribution is -0.180. The first-order valence-corrected chi connectivity index (χ1v) is 4.18. The van der Waals surface area contributed by atoms with Crippen molar-refractivity contribution in [3.8, 4) is 0 Å². The second kappa shape index (κ2) is 4.07. The molecule has 0 bridgehead atoms. The molecule has 1 fully saturated rings. The van der Waals surface area contributed by atoms with Crippen molar-refractivity contribution < 1.29 is 29.0 Å². The van der Waals surface area contributed by atoms with Gasteiger partial charge in [0.05, 0.1) is 0 Å². The van der Waals surface area contributed by atoms with E-state index >= 15 is 0 Å². The zero-order valence-corrected chi connectivity index (χ0v) is 7.93. The van der Waals surface area contributed by atoms with E-state index < -0.39 is 30.0 Å². The smallest absolute Gasteiger partial charge is 0.367 e. The average Bonchev–Trinajstić information content (AvgIpc) is 2.42. The van der Waals surface area contributed by atoms with Crippen molar-refractivity contribution in [3.63, 3.8) is 0 Å². The molecule has 0 saturated carbocycles. The van der Waals surface area contributed by atoms with Gasteiger partial charge in [-0.05, 0) is 0 Å². The zero-order chi connectivity index (χ0) is 11.6. The van der Waals surface area contributed by atoms with Crippen LogP contribution < -0.4 is 0 Å². The normalized spacial score (nSPS) is 17.8. The van der Waals surface area contributed by atoms with Crippen LogP contribution in [-0.4, -0.2) is 40.0 Å². The summed E-state index contributed by atoms with van der Waals surface area (Å²) >= 11 is 0. The molecule has 1 rings (SSSR count). The summed E-state index contributed by atoms with van der Waals surface area (Å²) in [6.07, 6.45) is -1.95. The molecule has 0 aliphatic carbocycles. The van der Waals surface area contributed by atoms with Gasteiger partial charge in [0, 0.05) is 19.8 Å². The van der Waals surface area contributed by atoms with Gasteiger partial charge in [-0.3, -0.25) is 14.4 Å². The van der Waals surface area contributed by atoms with Crippen LogP contribution >= 0.6 is 0 Å². The fourth-order valence-electron chi connectivity index (χ4n) is 1.23. The van der Waals surface area contributed by atoms with Gasteiger partial charge >= 0.3 is 11.9 Å². The average molecular weight is 215 g/mol. The topological polar surface area (TPSA) is 101 Å². The molecule has 7 heteroatoms. The van der Waals surface area contributed by atoms with Gasteiger partial charge in [0.15, 0.2) is 0 Å². The molecule has 15 heavy (non-hydrogen) atoms. The second-order valence-electron chi connectivity index (χ2n) is 2.96. The molecule has 0 radical (unpaired) electrons. The third kappa shape index (κ3) is 2.30. The molecule has 1 unspecified atom stereocenters. The van der Waals surface area contributed by atoms with Gasteiger partial charge in [0.25, 0.3) is 6.23 Å². The van der Waals surface area contributed by atoms with Crippen molar-refractivity contribution in [2.24, 2.45) is 0 Å². The largest absolute Gasteiger partial charge is 0.477 e. The van der Waals surface area contributed by atoms with E-state index in [2.05, 4.69) is 4.74 Å². The van der Waals surface area contributed by atoms with Gasteiger partial charge in [0.1, 0.15) is 0 Å². The number of rotatable bonds is 3. The summed E-state index contributed by atoms with van der Waals surface area (Å²) in [7, 11) is 0. The van der Waals surface area contributed by atoms with Crippen LogP contribution in [0, 0.1) is 0 Å². The monoisotopic (exact) mass is 215 g/mol. The van der Waals surface area contributed by atoms with Crippen LogP contribution in [0.1, 0.15) is 19.8 Å². The van der Waals surface area contributed by atoms with E-state index in [0.29, 0.717) is 4.90 Å². The minimum Gasteiger partial charge on any atom is -0.477 e. The molecule has 1 aliphatic rings. The third-order valence-corrected chi connectivity index (χ3v) is 1.81. The zero-order valence-electron chi connectivity index (χ0n) is 7.93. The van der Waals surface area contributed by atoms with Gasteiger partial charge in [-0.15, -0.1) is 0 Å². The van der Waals surface area contributed by atoms with Crippen LogP contribution in [0.3, 0.4) is 0 Å². The first kappa shape index (κ1) is 11.2. The molecule has 7 nitrogen and oxygen atoms in total. The molecule has 1 atom stereocenters. The molecule has 1 N–H and O–H groups in total. The summed E-state index contributed by atoms with van der Waals surface area (Å²) in [6.45, 7) is 1.00. The molecule has 0 spiro atoms. The van der Waals surface area contributed by atoms with Crippen LogP contribution in [0.4, 0.5) is 0 Å². The van der Waals surface area contributed by atoms with E-state index in [0.717, 1.165) is 6.92 Å². The van der Waals surface area contributed by atoms with Crippen molar-refractivity contribution in [2.75, 3.05) is 0 Å². The number of esters is 1. The number of likely N-dealkylation sites (tertiary alicyclic amines) is 1. The molecule has 0 aromatic carbocycles. The molecule has 1 aliphatic heterocycles. The molecular formula is C8H9NO6. The maximum atomic E-state index is 11.2. The number of carbonyl (C=O) groups is 4. The van der Waals surface area contributed by atoms with E-state index in [1.807, 2.05) is 0 Å². The molecule has 2 amide bonds. The minimum absolute atomic E-state index is 0.0517. The summed E-state index contributed by atoms with van der Waals surface area (Å²) in [4.78, 5) is 44.1. The number of hydrogen-bond acceptors (Lipinski definition) is 5. The fraction of sp³-hybridized carbons (Fsp3) is 0.500. The third-order valence-electron chi connectivity index (χ3n) is 1.81. The Labute approximate surface area is 84.6 Å².